The van der Waals surface area contributed by atoms with Crippen LogP contribution in [0.15, 0.2) is 30.3 Å². The van der Waals surface area contributed by atoms with E-state index in [9.17, 15) is 0 Å². The van der Waals surface area contributed by atoms with E-state index in [2.05, 4.69) is 12.1 Å². The van der Waals surface area contributed by atoms with Gasteiger partial charge in [0.05, 0.1) is 6.61 Å². The average Bonchev–Trinajstić information content (AvgIpc) is 2.34. The van der Waals surface area contributed by atoms with Gasteiger partial charge in [-0.1, -0.05) is 30.3 Å². The number of rotatable bonds is 7. The van der Waals surface area contributed by atoms with Crippen molar-refractivity contribution in [1.82, 2.24) is 0 Å². The number of carbonyl (C=O) groups is 1. The van der Waals surface area contributed by atoms with E-state index in [4.69, 9.17) is 19.7 Å². The zero-order valence-corrected chi connectivity index (χ0v) is 10.8. The lowest BCUT2D eigenvalue weighted by Crippen LogP contribution is -1.96. The Morgan fingerprint density at radius 3 is 2.33 bits per heavy atom. The fourth-order valence-corrected chi connectivity index (χ4v) is 1.26. The molecule has 0 saturated heterocycles. The summed E-state index contributed by atoms with van der Waals surface area (Å²) in [6.45, 7) is 2.85. The number of benzene rings is 1. The molecule has 0 unspecified atom stereocenters. The summed E-state index contributed by atoms with van der Waals surface area (Å²) in [5.41, 5.74) is 1.22. The molecule has 0 aliphatic carbocycles. The van der Waals surface area contributed by atoms with Gasteiger partial charge < -0.3 is 14.9 Å². The van der Waals surface area contributed by atoms with Gasteiger partial charge in [0.2, 0.25) is 0 Å². The van der Waals surface area contributed by atoms with E-state index in [1.54, 1.807) is 0 Å². The lowest BCUT2D eigenvalue weighted by molar-refractivity contribution is -0.134. The number of aliphatic carboxylic acids is 1. The van der Waals surface area contributed by atoms with Crippen molar-refractivity contribution in [2.75, 3.05) is 13.2 Å². The zero-order chi connectivity index (χ0) is 13.6. The highest BCUT2D eigenvalue weighted by atomic mass is 16.5. The van der Waals surface area contributed by atoms with Gasteiger partial charge in [-0.3, -0.25) is 4.79 Å². The van der Waals surface area contributed by atoms with Crippen LogP contribution in [-0.4, -0.2) is 29.4 Å². The second-order valence-corrected chi connectivity index (χ2v) is 3.84. The molecule has 0 aromatic heterocycles. The smallest absolute Gasteiger partial charge is 0.300 e. The second kappa shape index (κ2) is 12.1. The highest BCUT2D eigenvalue weighted by Crippen LogP contribution is 2.02. The summed E-state index contributed by atoms with van der Waals surface area (Å²) in [5.74, 6) is -0.833. The largest absolute Gasteiger partial charge is 0.481 e. The van der Waals surface area contributed by atoms with E-state index in [1.165, 1.54) is 5.56 Å². The van der Waals surface area contributed by atoms with Crippen molar-refractivity contribution in [3.8, 4) is 0 Å². The molecule has 0 aliphatic rings. The zero-order valence-electron chi connectivity index (χ0n) is 10.8. The summed E-state index contributed by atoms with van der Waals surface area (Å²) in [6, 6.07) is 10.2. The Balaban J connectivity index is 0.000000631. The molecule has 0 atom stereocenters. The molecule has 0 saturated carbocycles. The van der Waals surface area contributed by atoms with E-state index in [1.807, 2.05) is 18.2 Å². The monoisotopic (exact) mass is 254 g/mol. The van der Waals surface area contributed by atoms with E-state index < -0.39 is 5.97 Å². The molecule has 0 aliphatic heterocycles. The topological polar surface area (TPSA) is 66.8 Å². The third kappa shape index (κ3) is 12.7. The second-order valence-electron chi connectivity index (χ2n) is 3.84. The van der Waals surface area contributed by atoms with Gasteiger partial charge in [-0.2, -0.15) is 0 Å². The number of unbranched alkanes of at least 4 members (excludes halogenated alkanes) is 2. The highest BCUT2D eigenvalue weighted by Gasteiger charge is 1.91. The maximum Gasteiger partial charge on any atom is 0.300 e. The molecule has 0 fully saturated rings. The van der Waals surface area contributed by atoms with Crippen molar-refractivity contribution < 1.29 is 19.7 Å². The van der Waals surface area contributed by atoms with Gasteiger partial charge in [0.1, 0.15) is 0 Å². The molecule has 18 heavy (non-hydrogen) atoms. The SMILES string of the molecule is CC(=O)O.OCCCCCOCc1ccccc1. The van der Waals surface area contributed by atoms with Crippen molar-refractivity contribution in [3.05, 3.63) is 35.9 Å². The van der Waals surface area contributed by atoms with Crippen LogP contribution in [-0.2, 0) is 16.1 Å². The molecular formula is C14H22O4. The standard InChI is InChI=1S/C12H18O2.C2H4O2/c13-9-5-2-6-10-14-11-12-7-3-1-4-8-12;1-2(3)4/h1,3-4,7-8,13H,2,5-6,9-11H2;1H3,(H,3,4). The summed E-state index contributed by atoms with van der Waals surface area (Å²) in [5, 5.41) is 16.0. The molecule has 4 nitrogen and oxygen atoms in total. The van der Waals surface area contributed by atoms with Crippen molar-refractivity contribution in [2.45, 2.75) is 32.8 Å². The van der Waals surface area contributed by atoms with Crippen LogP contribution in [0.5, 0.6) is 0 Å². The number of hydrogen-bond donors (Lipinski definition) is 2. The van der Waals surface area contributed by atoms with Gasteiger partial charge in [0.15, 0.2) is 0 Å². The summed E-state index contributed by atoms with van der Waals surface area (Å²) in [6.07, 6.45) is 2.97. The minimum Gasteiger partial charge on any atom is -0.481 e. The van der Waals surface area contributed by atoms with Crippen LogP contribution in [0.1, 0.15) is 31.7 Å². The predicted molar refractivity (Wildman–Crippen MR) is 70.3 cm³/mol. The van der Waals surface area contributed by atoms with Crippen LogP contribution < -0.4 is 0 Å². The maximum absolute atomic E-state index is 9.00. The molecule has 0 bridgehead atoms. The van der Waals surface area contributed by atoms with Crippen LogP contribution in [0, 0.1) is 0 Å². The average molecular weight is 254 g/mol. The number of aliphatic hydroxyl groups is 1. The molecule has 1 aromatic carbocycles. The fraction of sp³-hybridized carbons (Fsp3) is 0.500. The number of carboxylic acids is 1. The van der Waals surface area contributed by atoms with Crippen molar-refractivity contribution in [1.29, 1.82) is 0 Å². The minimum atomic E-state index is -0.833. The number of aliphatic hydroxyl groups excluding tert-OH is 1. The molecule has 2 N–H and O–H groups in total. The van der Waals surface area contributed by atoms with Gasteiger partial charge in [-0.05, 0) is 24.8 Å². The maximum atomic E-state index is 9.00. The Bertz CT molecular complexity index is 294. The summed E-state index contributed by atoms with van der Waals surface area (Å²) in [4.78, 5) is 9.00. The summed E-state index contributed by atoms with van der Waals surface area (Å²) in [7, 11) is 0. The Hall–Kier alpha value is -1.39. The van der Waals surface area contributed by atoms with Gasteiger partial charge >= 0.3 is 0 Å². The van der Waals surface area contributed by atoms with E-state index in [0.717, 1.165) is 32.8 Å². The highest BCUT2D eigenvalue weighted by molar-refractivity contribution is 5.62. The first-order valence-electron chi connectivity index (χ1n) is 6.09. The Labute approximate surface area is 108 Å². The molecule has 0 spiro atoms. The molecular weight excluding hydrogens is 232 g/mol. The predicted octanol–water partition coefficient (Wildman–Crippen LogP) is 2.46. The number of hydrogen-bond acceptors (Lipinski definition) is 3. The first-order chi connectivity index (χ1) is 8.66. The molecule has 1 rings (SSSR count). The quantitative estimate of drug-likeness (QED) is 0.733. The molecule has 0 amide bonds. The van der Waals surface area contributed by atoms with Crippen LogP contribution in [0.2, 0.25) is 0 Å². The molecule has 0 heterocycles. The number of carboxylic acid groups (broad SMARTS) is 1. The molecule has 4 heteroatoms. The Kier molecular flexibility index (Phi) is 11.1. The third-order valence-electron chi connectivity index (χ3n) is 2.06. The van der Waals surface area contributed by atoms with E-state index >= 15 is 0 Å². The van der Waals surface area contributed by atoms with Gasteiger partial charge in [-0.15, -0.1) is 0 Å². The molecule has 0 radical (unpaired) electrons. The summed E-state index contributed by atoms with van der Waals surface area (Å²) < 4.78 is 5.48. The lowest BCUT2D eigenvalue weighted by Gasteiger charge is -2.03. The van der Waals surface area contributed by atoms with Crippen LogP contribution in [0.25, 0.3) is 0 Å². The van der Waals surface area contributed by atoms with E-state index in [0.29, 0.717) is 13.2 Å². The Morgan fingerprint density at radius 2 is 1.78 bits per heavy atom. The van der Waals surface area contributed by atoms with Crippen LogP contribution in [0.4, 0.5) is 0 Å². The van der Waals surface area contributed by atoms with Gasteiger partial charge in [0, 0.05) is 20.1 Å². The fourth-order valence-electron chi connectivity index (χ4n) is 1.26. The molecule has 1 aromatic rings. The van der Waals surface area contributed by atoms with Crippen LogP contribution >= 0.6 is 0 Å². The molecule has 102 valence electrons. The van der Waals surface area contributed by atoms with Crippen LogP contribution in [0.3, 0.4) is 0 Å². The first kappa shape index (κ1) is 16.6. The minimum absolute atomic E-state index is 0.290. The first-order valence-corrected chi connectivity index (χ1v) is 6.09. The normalized spacial score (nSPS) is 9.44. The number of ether oxygens (including phenoxy) is 1. The van der Waals surface area contributed by atoms with Crippen molar-refractivity contribution in [2.24, 2.45) is 0 Å². The summed E-state index contributed by atoms with van der Waals surface area (Å²) >= 11 is 0. The van der Waals surface area contributed by atoms with Gasteiger partial charge in [-0.25, -0.2) is 0 Å². The van der Waals surface area contributed by atoms with Gasteiger partial charge in [0.25, 0.3) is 5.97 Å². The van der Waals surface area contributed by atoms with Crippen molar-refractivity contribution in [3.63, 3.8) is 0 Å². The van der Waals surface area contributed by atoms with E-state index in [-0.39, 0.29) is 0 Å². The lowest BCUT2D eigenvalue weighted by atomic mass is 10.2. The van der Waals surface area contributed by atoms with Crippen molar-refractivity contribution >= 4 is 5.97 Å². The Morgan fingerprint density at radius 1 is 1.17 bits per heavy atom. The third-order valence-corrected chi connectivity index (χ3v) is 2.06.